The number of hydrogen-bond acceptors (Lipinski definition) is 5. The van der Waals surface area contributed by atoms with Crippen LogP contribution in [0.3, 0.4) is 0 Å². The van der Waals surface area contributed by atoms with E-state index in [-0.39, 0.29) is 23.0 Å². The van der Waals surface area contributed by atoms with E-state index in [2.05, 4.69) is 10.5 Å². The molecule has 0 fully saturated rings. The first kappa shape index (κ1) is 15.8. The predicted molar refractivity (Wildman–Crippen MR) is 79.1 cm³/mol. The fourth-order valence-electron chi connectivity index (χ4n) is 1.67. The zero-order valence-electron chi connectivity index (χ0n) is 11.6. The summed E-state index contributed by atoms with van der Waals surface area (Å²) in [6, 6.07) is 8.64. The number of amides is 1. The Labute approximate surface area is 130 Å². The number of nitrogens with one attached hydrogen (secondary N) is 1. The van der Waals surface area contributed by atoms with E-state index >= 15 is 0 Å². The first-order chi connectivity index (χ1) is 10.5. The van der Waals surface area contributed by atoms with E-state index in [0.717, 1.165) is 11.3 Å². The van der Waals surface area contributed by atoms with Crippen LogP contribution in [-0.4, -0.2) is 17.6 Å². The van der Waals surface area contributed by atoms with Gasteiger partial charge in [-0.25, -0.2) is 9.82 Å². The molecular formula is C15H12FN2O3S-. The summed E-state index contributed by atoms with van der Waals surface area (Å²) >= 11 is 1.02. The van der Waals surface area contributed by atoms with E-state index < -0.39 is 5.97 Å². The Morgan fingerprint density at radius 1 is 1.18 bits per heavy atom. The number of aromatic carboxylic acids is 1. The van der Waals surface area contributed by atoms with E-state index in [0.29, 0.717) is 16.2 Å². The van der Waals surface area contributed by atoms with Crippen LogP contribution in [0.15, 0.2) is 41.5 Å². The Bertz CT molecular complexity index is 723. The lowest BCUT2D eigenvalue weighted by Gasteiger charge is -2.02. The summed E-state index contributed by atoms with van der Waals surface area (Å²) in [5.74, 6) is -1.95. The summed E-state index contributed by atoms with van der Waals surface area (Å²) in [7, 11) is 0. The minimum absolute atomic E-state index is 0.0752. The topological polar surface area (TPSA) is 81.6 Å². The molecular weight excluding hydrogens is 307 g/mol. The maximum atomic E-state index is 12.8. The maximum absolute atomic E-state index is 12.8. The number of carboxylic acids is 1. The van der Waals surface area contributed by atoms with Gasteiger partial charge in [0.25, 0.3) is 0 Å². The molecule has 1 aromatic carbocycles. The number of rotatable bonds is 5. The van der Waals surface area contributed by atoms with Crippen molar-refractivity contribution in [2.24, 2.45) is 5.10 Å². The van der Waals surface area contributed by atoms with E-state index in [1.165, 1.54) is 30.3 Å². The van der Waals surface area contributed by atoms with Crippen molar-refractivity contribution in [1.82, 2.24) is 5.43 Å². The highest BCUT2D eigenvalue weighted by Gasteiger charge is 2.06. The summed E-state index contributed by atoms with van der Waals surface area (Å²) in [5.41, 5.74) is 3.54. The van der Waals surface area contributed by atoms with Gasteiger partial charge in [-0.3, -0.25) is 4.79 Å². The predicted octanol–water partition coefficient (Wildman–Crippen LogP) is 1.33. The monoisotopic (exact) mass is 319 g/mol. The van der Waals surface area contributed by atoms with Crippen LogP contribution < -0.4 is 10.5 Å². The lowest BCUT2D eigenvalue weighted by atomic mass is 10.1. The van der Waals surface area contributed by atoms with E-state index in [4.69, 9.17) is 0 Å². The van der Waals surface area contributed by atoms with Gasteiger partial charge in [-0.05, 0) is 36.8 Å². The van der Waals surface area contributed by atoms with Crippen LogP contribution in [0.5, 0.6) is 0 Å². The third-order valence-corrected chi connectivity index (χ3v) is 3.96. The molecule has 2 rings (SSSR count). The van der Waals surface area contributed by atoms with Crippen LogP contribution >= 0.6 is 11.3 Å². The third-order valence-electron chi connectivity index (χ3n) is 2.79. The normalized spacial score (nSPS) is 11.3. The van der Waals surface area contributed by atoms with Gasteiger partial charge in [-0.1, -0.05) is 12.1 Å². The number of nitrogens with zero attached hydrogens (tertiary/aromatic N) is 1. The number of hydrogen-bond donors (Lipinski definition) is 1. The van der Waals surface area contributed by atoms with Gasteiger partial charge in [0, 0.05) is 0 Å². The van der Waals surface area contributed by atoms with Crippen LogP contribution in [0.25, 0.3) is 0 Å². The number of hydrazone groups is 1. The highest BCUT2D eigenvalue weighted by Crippen LogP contribution is 2.16. The van der Waals surface area contributed by atoms with Crippen molar-refractivity contribution in [3.05, 3.63) is 57.5 Å². The molecule has 5 nitrogen and oxygen atoms in total. The molecule has 0 aliphatic rings. The second-order valence-corrected chi connectivity index (χ2v) is 5.57. The maximum Gasteiger partial charge on any atom is 0.244 e. The smallest absolute Gasteiger partial charge is 0.244 e. The summed E-state index contributed by atoms with van der Waals surface area (Å²) < 4.78 is 12.8. The summed E-state index contributed by atoms with van der Waals surface area (Å²) in [6.45, 7) is 1.66. The second-order valence-electron chi connectivity index (χ2n) is 4.49. The zero-order valence-corrected chi connectivity index (χ0v) is 12.4. The average Bonchev–Trinajstić information content (AvgIpc) is 2.97. The van der Waals surface area contributed by atoms with Crippen LogP contribution in [-0.2, 0) is 11.2 Å². The van der Waals surface area contributed by atoms with Crippen molar-refractivity contribution >= 4 is 28.9 Å². The molecule has 0 atom stereocenters. The molecule has 22 heavy (non-hydrogen) atoms. The fourth-order valence-corrected chi connectivity index (χ4v) is 2.46. The lowest BCUT2D eigenvalue weighted by molar-refractivity contribution is -0.254. The minimum Gasteiger partial charge on any atom is -0.544 e. The second kappa shape index (κ2) is 6.95. The van der Waals surface area contributed by atoms with Gasteiger partial charge in [0.2, 0.25) is 5.91 Å². The number of benzene rings is 1. The van der Waals surface area contributed by atoms with E-state index in [9.17, 15) is 19.1 Å². The molecule has 0 saturated carbocycles. The van der Waals surface area contributed by atoms with Crippen molar-refractivity contribution in [1.29, 1.82) is 0 Å². The standard InChI is InChI=1S/C15H13FN2O3S/c1-9(12-6-7-13(22-12)15(20)21)17-18-14(19)8-10-2-4-11(16)5-3-10/h2-7H,8H2,1H3,(H,18,19)(H,20,21)/p-1/b17-9-. The first-order valence-corrected chi connectivity index (χ1v) is 7.16. The number of halogens is 1. The Kier molecular flexibility index (Phi) is 5.00. The Hall–Kier alpha value is -2.54. The van der Waals surface area contributed by atoms with Crippen molar-refractivity contribution in [3.63, 3.8) is 0 Å². The molecule has 7 heteroatoms. The van der Waals surface area contributed by atoms with E-state index in [1.807, 2.05) is 0 Å². The molecule has 1 amide bonds. The van der Waals surface area contributed by atoms with Gasteiger partial charge in [-0.2, -0.15) is 5.10 Å². The van der Waals surface area contributed by atoms with Gasteiger partial charge >= 0.3 is 0 Å². The number of carbonyl (C=O) groups is 2. The van der Waals surface area contributed by atoms with Gasteiger partial charge in [-0.15, -0.1) is 11.3 Å². The lowest BCUT2D eigenvalue weighted by Crippen LogP contribution is -2.21. The summed E-state index contributed by atoms with van der Waals surface area (Å²) in [6.07, 6.45) is 0.0752. The molecule has 0 bridgehead atoms. The van der Waals surface area contributed by atoms with Gasteiger partial charge in [0.15, 0.2) is 0 Å². The Balaban J connectivity index is 1.96. The molecule has 114 valence electrons. The van der Waals surface area contributed by atoms with Gasteiger partial charge in [0.05, 0.1) is 27.9 Å². The average molecular weight is 319 g/mol. The largest absolute Gasteiger partial charge is 0.544 e. The van der Waals surface area contributed by atoms with Gasteiger partial charge < -0.3 is 9.90 Å². The minimum atomic E-state index is -1.25. The van der Waals surface area contributed by atoms with Crippen molar-refractivity contribution in [2.75, 3.05) is 0 Å². The number of thiophene rings is 1. The highest BCUT2D eigenvalue weighted by molar-refractivity contribution is 7.15. The van der Waals surface area contributed by atoms with Crippen molar-refractivity contribution < 1.29 is 19.1 Å². The molecule has 2 aromatic rings. The van der Waals surface area contributed by atoms with Crippen molar-refractivity contribution in [3.8, 4) is 0 Å². The molecule has 0 saturated heterocycles. The van der Waals surface area contributed by atoms with Crippen LogP contribution in [0.4, 0.5) is 4.39 Å². The number of carbonyl (C=O) groups excluding carboxylic acids is 2. The summed E-state index contributed by atoms with van der Waals surface area (Å²) in [5, 5.41) is 14.6. The van der Waals surface area contributed by atoms with Gasteiger partial charge in [0.1, 0.15) is 5.82 Å². The molecule has 0 spiro atoms. The first-order valence-electron chi connectivity index (χ1n) is 6.35. The Morgan fingerprint density at radius 2 is 1.82 bits per heavy atom. The zero-order chi connectivity index (χ0) is 16.1. The highest BCUT2D eigenvalue weighted by atomic mass is 32.1. The molecule has 1 N–H and O–H groups in total. The number of carboxylic acid groups (broad SMARTS) is 1. The summed E-state index contributed by atoms with van der Waals surface area (Å²) in [4.78, 5) is 23.2. The molecule has 0 radical (unpaired) electrons. The van der Waals surface area contributed by atoms with Crippen LogP contribution in [0, 0.1) is 5.82 Å². The van der Waals surface area contributed by atoms with Crippen LogP contribution in [0.1, 0.15) is 27.0 Å². The Morgan fingerprint density at radius 3 is 2.41 bits per heavy atom. The third kappa shape index (κ3) is 4.23. The quantitative estimate of drug-likeness (QED) is 0.667. The molecule has 0 aliphatic carbocycles. The SMILES string of the molecule is C/C(=N/NC(=O)Cc1ccc(F)cc1)c1ccc(C(=O)[O-])s1. The van der Waals surface area contributed by atoms with E-state index in [1.54, 1.807) is 13.0 Å². The molecule has 1 aromatic heterocycles. The molecule has 0 aliphatic heterocycles. The van der Waals surface area contributed by atoms with Crippen LogP contribution in [0.2, 0.25) is 0 Å². The fraction of sp³-hybridized carbons (Fsp3) is 0.133. The molecule has 1 heterocycles. The van der Waals surface area contributed by atoms with Crippen molar-refractivity contribution in [2.45, 2.75) is 13.3 Å². The molecule has 0 unspecified atom stereocenters.